The van der Waals surface area contributed by atoms with Crippen molar-refractivity contribution in [3.63, 3.8) is 0 Å². The summed E-state index contributed by atoms with van der Waals surface area (Å²) in [5, 5.41) is 17.6. The summed E-state index contributed by atoms with van der Waals surface area (Å²) < 4.78 is 176. The highest BCUT2D eigenvalue weighted by Gasteiger charge is 2.43. The molecule has 0 bridgehead atoms. The maximum absolute atomic E-state index is 14.0. The minimum atomic E-state index is -4.87. The smallest absolute Gasteiger partial charge is 0.423 e. The van der Waals surface area contributed by atoms with E-state index in [0.29, 0.717) is 64.2 Å². The third-order valence-electron chi connectivity index (χ3n) is 21.6. The van der Waals surface area contributed by atoms with Crippen LogP contribution >= 0.6 is 11.6 Å². The van der Waals surface area contributed by atoms with Crippen LogP contribution in [0.15, 0.2) is 122 Å². The van der Waals surface area contributed by atoms with E-state index in [1.807, 2.05) is 21.1 Å². The Balaban J connectivity index is 0.000000161. The molecule has 3 fully saturated rings. The Kier molecular flexibility index (Phi) is 27.8. The van der Waals surface area contributed by atoms with Gasteiger partial charge in [0.1, 0.15) is 70.0 Å². The van der Waals surface area contributed by atoms with Gasteiger partial charge in [0.25, 0.3) is 23.6 Å². The summed E-state index contributed by atoms with van der Waals surface area (Å²) in [6, 6.07) is 25.6. The standard InChI is InChI=1S/C30H32F4N6O4.C28H27ClF3N5O4.C27H26F3N5O5/c1-17-20-5-4-6-23(25(20)28(42)40(17)14-11-31)44-27-21(30(32,33)34)16-35-29(38-27)37-22-8-7-18(15-24(22)43-3)26(41)36-19-9-12-39(2)13-10-19;1-37-10-8-16(9-11-37)34-25(39)17-12-23(40-2)20(13-19(17)29)35-27-33-14-18(28(30,31)32)26(36-27)41-22-5-3-4-15-6-7-21(38)24(15)22;1-35-10-8-17(9-11-35)32-23(36)15-6-7-19(21(12-15)38-2)33-26-31-13-18(27(28,29)30)24(34-26)40-20-5-3-4-16-14-39-25(37)22(16)20/h4-8,15-17,19H,9-14H2,1-3H3,(H,36,41)(H,35,37,38);3-5,12-14,16H,6-11H2,1-2H3,(H,34,39)(H,33,35,36);3-7,12-13,17H,8-11,14H2,1-2H3,(H,32,36)(H,31,33,34). The van der Waals surface area contributed by atoms with Gasteiger partial charge in [-0.1, -0.05) is 48.0 Å². The number of ketones is 1. The molecule has 6 aromatic carbocycles. The molecule has 9 aromatic rings. The molecule has 125 heavy (non-hydrogen) atoms. The first-order valence-corrected chi connectivity index (χ1v) is 39.9. The Labute approximate surface area is 714 Å². The summed E-state index contributed by atoms with van der Waals surface area (Å²) in [6.45, 7) is 6.06. The van der Waals surface area contributed by atoms with Crippen molar-refractivity contribution in [2.24, 2.45) is 0 Å². The zero-order valence-corrected chi connectivity index (χ0v) is 69.1. The number of fused-ring (bicyclic) bond motifs is 3. The van der Waals surface area contributed by atoms with E-state index in [2.05, 4.69) is 76.5 Å². The van der Waals surface area contributed by atoms with E-state index in [0.717, 1.165) is 77.8 Å². The van der Waals surface area contributed by atoms with E-state index < -0.39 is 77.5 Å². The van der Waals surface area contributed by atoms with E-state index in [4.69, 9.17) is 44.8 Å². The second kappa shape index (κ2) is 38.6. The number of esters is 1. The first-order valence-electron chi connectivity index (χ1n) is 39.5. The number of hydrogen-bond donors (Lipinski definition) is 6. The van der Waals surface area contributed by atoms with Gasteiger partial charge in [-0.25, -0.2) is 24.1 Å². The molecule has 0 spiro atoms. The highest BCUT2D eigenvalue weighted by molar-refractivity contribution is 6.34. The number of nitrogens with one attached hydrogen (secondary N) is 6. The molecule has 5 aliphatic heterocycles. The predicted molar refractivity (Wildman–Crippen MR) is 436 cm³/mol. The van der Waals surface area contributed by atoms with Crippen molar-refractivity contribution >= 4 is 81.9 Å². The zero-order chi connectivity index (χ0) is 89.3. The molecule has 4 amide bonds. The number of nitrogens with zero attached hydrogens (tertiary/aromatic N) is 10. The number of rotatable bonds is 23. The van der Waals surface area contributed by atoms with Crippen LogP contribution in [0.3, 0.4) is 0 Å². The molecule has 6 aliphatic rings. The van der Waals surface area contributed by atoms with Crippen LogP contribution in [0.25, 0.3) is 0 Å². The van der Waals surface area contributed by atoms with Gasteiger partial charge in [0.05, 0.1) is 66.1 Å². The molecular weight excluding hydrogens is 1680 g/mol. The number of aromatic nitrogens is 6. The van der Waals surface area contributed by atoms with Crippen molar-refractivity contribution in [2.75, 3.05) is 111 Å². The van der Waals surface area contributed by atoms with Crippen molar-refractivity contribution in [1.82, 2.24) is 65.5 Å². The number of alkyl halides is 10. The lowest BCUT2D eigenvalue weighted by Gasteiger charge is -2.29. The lowest BCUT2D eigenvalue weighted by molar-refractivity contribution is -0.140. The van der Waals surface area contributed by atoms with Crippen LogP contribution in [-0.4, -0.2) is 198 Å². The fraction of sp³-hybridized carbons (Fsp3) is 0.365. The number of carbonyl (C=O) groups excluding carboxylic acids is 6. The highest BCUT2D eigenvalue weighted by atomic mass is 35.5. The topological polar surface area (TPSA) is 330 Å². The first kappa shape index (κ1) is 90.0. The van der Waals surface area contributed by atoms with Gasteiger partial charge in [-0.05, 0) is 190 Å². The normalized spacial score (nSPS) is 16.4. The fourth-order valence-corrected chi connectivity index (χ4v) is 15.0. The highest BCUT2D eigenvalue weighted by Crippen LogP contribution is 2.47. The van der Waals surface area contributed by atoms with Crippen LogP contribution in [0.1, 0.15) is 153 Å². The number of amides is 4. The lowest BCUT2D eigenvalue weighted by Crippen LogP contribution is -2.43. The lowest BCUT2D eigenvalue weighted by atomic mass is 10.0. The summed E-state index contributed by atoms with van der Waals surface area (Å²) in [4.78, 5) is 107. The number of ether oxygens (including phenoxy) is 7. The van der Waals surface area contributed by atoms with Gasteiger partial charge in [0, 0.05) is 66.4 Å². The van der Waals surface area contributed by atoms with Crippen molar-refractivity contribution in [2.45, 2.75) is 108 Å². The second-order valence-electron chi connectivity index (χ2n) is 30.1. The average molecular weight is 1760 g/mol. The van der Waals surface area contributed by atoms with Crippen molar-refractivity contribution in [1.29, 1.82) is 0 Å². The van der Waals surface area contributed by atoms with Crippen LogP contribution in [0.2, 0.25) is 5.02 Å². The molecular formula is C85H85ClF10N16O13. The third kappa shape index (κ3) is 21.4. The Hall–Kier alpha value is -12.8. The minimum absolute atomic E-state index is 0.000112. The molecule has 3 saturated heterocycles. The molecule has 660 valence electrons. The first-order chi connectivity index (χ1) is 59.6. The number of carbonyl (C=O) groups is 6. The van der Waals surface area contributed by atoms with Gasteiger partial charge in [0.2, 0.25) is 35.5 Å². The number of piperidine rings is 3. The maximum Gasteiger partial charge on any atom is 0.423 e. The SMILES string of the molecule is COc1cc(C(=O)NC2CCN(C)CC2)c(Cl)cc1Nc1ncc(C(F)(F)F)c(Oc2cccc3c2C(=O)CC3)n1.COc1cc(C(=O)NC2CCN(C)CC2)ccc1Nc1ncc(C(F)(F)F)c(Oc2cccc3c2C(=O)N(CCF)C3C)n1.COc1cc(C(=O)NC2CCN(C)CC2)ccc1Nc1ncc(C(F)(F)F)c(Oc2cccc3c2C(=O)OC3)n1. The van der Waals surface area contributed by atoms with Gasteiger partial charge in [-0.15, -0.1) is 0 Å². The Morgan fingerprint density at radius 1 is 0.488 bits per heavy atom. The van der Waals surface area contributed by atoms with Crippen LogP contribution in [0.4, 0.5) is 78.8 Å². The molecule has 0 saturated carbocycles. The number of aryl methyl sites for hydroxylation is 1. The largest absolute Gasteiger partial charge is 0.495 e. The molecule has 1 atom stereocenters. The molecule has 29 nitrogen and oxygen atoms in total. The summed E-state index contributed by atoms with van der Waals surface area (Å²) in [5.74, 6) is -5.06. The fourth-order valence-electron chi connectivity index (χ4n) is 14.8. The van der Waals surface area contributed by atoms with Crippen molar-refractivity contribution in [3.05, 3.63) is 194 Å². The Morgan fingerprint density at radius 2 is 0.888 bits per heavy atom. The number of hydrogen-bond acceptors (Lipinski definition) is 25. The molecule has 1 unspecified atom stereocenters. The summed E-state index contributed by atoms with van der Waals surface area (Å²) in [6.07, 6.45) is -7.03. The number of methoxy groups -OCH3 is 3. The number of likely N-dealkylation sites (tertiary alicyclic amines) is 3. The van der Waals surface area contributed by atoms with E-state index in [9.17, 15) is 72.7 Å². The van der Waals surface area contributed by atoms with Crippen molar-refractivity contribution < 1.29 is 106 Å². The molecule has 15 rings (SSSR count). The van der Waals surface area contributed by atoms with Gasteiger partial charge in [-0.2, -0.15) is 54.5 Å². The average Bonchev–Trinajstić information content (AvgIpc) is 1.49. The molecule has 6 N–H and O–H groups in total. The van der Waals surface area contributed by atoms with Gasteiger partial charge in [-0.3, -0.25) is 24.0 Å². The number of halogens is 11. The van der Waals surface area contributed by atoms with Crippen LogP contribution < -0.4 is 60.3 Å². The van der Waals surface area contributed by atoms with E-state index >= 15 is 0 Å². The number of anilines is 6. The number of benzene rings is 6. The quantitative estimate of drug-likeness (QED) is 0.0256. The van der Waals surface area contributed by atoms with Gasteiger partial charge >= 0.3 is 24.5 Å². The van der Waals surface area contributed by atoms with Gasteiger partial charge < -0.3 is 84.7 Å². The predicted octanol–water partition coefficient (Wildman–Crippen LogP) is 15.5. The van der Waals surface area contributed by atoms with E-state index in [1.54, 1.807) is 61.5 Å². The summed E-state index contributed by atoms with van der Waals surface area (Å²) >= 11 is 6.44. The molecule has 1 aliphatic carbocycles. The molecule has 3 aromatic heterocycles. The molecule has 0 radical (unpaired) electrons. The van der Waals surface area contributed by atoms with Crippen molar-refractivity contribution in [3.8, 4) is 52.1 Å². The van der Waals surface area contributed by atoms with Crippen LogP contribution in [-0.2, 0) is 36.3 Å². The monoisotopic (exact) mass is 1760 g/mol. The van der Waals surface area contributed by atoms with Gasteiger partial charge in [0.15, 0.2) is 5.78 Å². The Bertz CT molecular complexity index is 5540. The second-order valence-corrected chi connectivity index (χ2v) is 30.5. The van der Waals surface area contributed by atoms with Crippen LogP contribution in [0, 0.1) is 0 Å². The minimum Gasteiger partial charge on any atom is -0.495 e. The van der Waals surface area contributed by atoms with Crippen LogP contribution in [0.5, 0.6) is 52.1 Å². The summed E-state index contributed by atoms with van der Waals surface area (Å²) in [5.41, 5.74) is 0.0656. The van der Waals surface area contributed by atoms with E-state index in [-0.39, 0.29) is 147 Å². The zero-order valence-electron chi connectivity index (χ0n) is 68.3. The Morgan fingerprint density at radius 3 is 1.32 bits per heavy atom. The summed E-state index contributed by atoms with van der Waals surface area (Å²) in [7, 11) is 10.3. The van der Waals surface area contributed by atoms with E-state index in [1.165, 1.54) is 74.8 Å². The third-order valence-corrected chi connectivity index (χ3v) is 21.9. The number of Topliss-reactive ketones (excluding diaryl/α,β-unsaturated/α-hetero) is 1. The molecule has 40 heteroatoms. The molecule has 8 heterocycles. The number of cyclic esters (lactones) is 1. The maximum atomic E-state index is 14.0.